The molecule has 0 aromatic carbocycles. The zero-order valence-electron chi connectivity index (χ0n) is 14.6. The molecule has 1 N–H and O–H groups in total. The average molecular weight is 271 g/mol. The van der Waals surface area contributed by atoms with Gasteiger partial charge in [-0.25, -0.2) is 0 Å². The molecular weight excluding hydrogens is 232 g/mol. The van der Waals surface area contributed by atoms with E-state index in [1.807, 2.05) is 0 Å². The highest BCUT2D eigenvalue weighted by molar-refractivity contribution is 4.81. The Hall–Kier alpha value is -0.0800. The van der Waals surface area contributed by atoms with E-state index in [9.17, 15) is 0 Å². The highest BCUT2D eigenvalue weighted by Crippen LogP contribution is 2.15. The molecule has 2 heteroatoms. The van der Waals surface area contributed by atoms with E-state index in [1.165, 1.54) is 38.6 Å². The summed E-state index contributed by atoms with van der Waals surface area (Å²) in [4.78, 5) is 2.74. The molecule has 0 aliphatic heterocycles. The molecule has 0 saturated carbocycles. The zero-order chi connectivity index (χ0) is 14.9. The molecule has 2 nitrogen and oxygen atoms in total. The normalized spacial score (nSPS) is 15.8. The van der Waals surface area contributed by atoms with Crippen LogP contribution in [0.3, 0.4) is 0 Å². The van der Waals surface area contributed by atoms with E-state index < -0.39 is 0 Å². The number of hydrogen-bond acceptors (Lipinski definition) is 2. The van der Waals surface area contributed by atoms with Gasteiger partial charge in [0.1, 0.15) is 0 Å². The van der Waals surface area contributed by atoms with Crippen molar-refractivity contribution in [3.8, 4) is 0 Å². The van der Waals surface area contributed by atoms with Crippen LogP contribution in [0.25, 0.3) is 0 Å². The summed E-state index contributed by atoms with van der Waals surface area (Å²) in [7, 11) is 0. The van der Waals surface area contributed by atoms with E-state index in [1.54, 1.807) is 0 Å². The lowest BCUT2D eigenvalue weighted by molar-refractivity contribution is 0.121. The van der Waals surface area contributed by atoms with Crippen LogP contribution in [-0.2, 0) is 0 Å². The quantitative estimate of drug-likeness (QED) is 0.631. The highest BCUT2D eigenvalue weighted by Gasteiger charge is 2.23. The zero-order valence-corrected chi connectivity index (χ0v) is 14.6. The number of hydrogen-bond donors (Lipinski definition) is 1. The van der Waals surface area contributed by atoms with Gasteiger partial charge in [-0.1, -0.05) is 33.6 Å². The molecule has 19 heavy (non-hydrogen) atoms. The van der Waals surface area contributed by atoms with Crippen molar-refractivity contribution in [2.75, 3.05) is 13.1 Å². The topological polar surface area (TPSA) is 15.3 Å². The maximum Gasteiger partial charge on any atom is 0.0223 e. The van der Waals surface area contributed by atoms with Crippen molar-refractivity contribution in [2.45, 2.75) is 98.2 Å². The molecule has 0 amide bonds. The molecule has 0 aliphatic rings. The summed E-state index contributed by atoms with van der Waals surface area (Å²) in [6, 6.07) is 1.38. The second-order valence-corrected chi connectivity index (χ2v) is 6.92. The lowest BCUT2D eigenvalue weighted by atomic mass is 10.0. The van der Waals surface area contributed by atoms with Crippen molar-refractivity contribution in [1.29, 1.82) is 0 Å². The van der Waals surface area contributed by atoms with E-state index in [0.717, 1.165) is 6.54 Å². The second-order valence-electron chi connectivity index (χ2n) is 6.92. The van der Waals surface area contributed by atoms with Crippen LogP contribution in [0.2, 0.25) is 0 Å². The largest absolute Gasteiger partial charge is 0.311 e. The van der Waals surface area contributed by atoms with Crippen LogP contribution in [-0.4, -0.2) is 35.6 Å². The SMILES string of the molecule is CCCCN(C(C)CC)C(CCC)CNC(C)(C)C. The molecule has 0 aromatic rings. The van der Waals surface area contributed by atoms with Gasteiger partial charge in [0.15, 0.2) is 0 Å². The maximum atomic E-state index is 3.70. The molecule has 2 unspecified atom stereocenters. The minimum atomic E-state index is 0.220. The standard InChI is InChI=1S/C17H38N2/c1-8-11-13-19(15(4)10-3)16(12-9-2)14-18-17(5,6)7/h15-16,18H,8-14H2,1-7H3. The fourth-order valence-corrected chi connectivity index (χ4v) is 2.48. The molecule has 0 saturated heterocycles. The number of nitrogens with one attached hydrogen (secondary N) is 1. The van der Waals surface area contributed by atoms with Crippen LogP contribution in [0.4, 0.5) is 0 Å². The van der Waals surface area contributed by atoms with Crippen molar-refractivity contribution in [3.05, 3.63) is 0 Å². The maximum absolute atomic E-state index is 3.70. The van der Waals surface area contributed by atoms with Gasteiger partial charge in [-0.2, -0.15) is 0 Å². The summed E-state index contributed by atoms with van der Waals surface area (Å²) in [5.41, 5.74) is 0.220. The average Bonchev–Trinajstić information content (AvgIpc) is 2.34. The summed E-state index contributed by atoms with van der Waals surface area (Å²) in [5, 5.41) is 3.70. The first-order valence-corrected chi connectivity index (χ1v) is 8.36. The van der Waals surface area contributed by atoms with E-state index in [4.69, 9.17) is 0 Å². The molecule has 0 spiro atoms. The van der Waals surface area contributed by atoms with E-state index in [2.05, 4.69) is 58.7 Å². The molecule has 0 bridgehead atoms. The summed E-state index contributed by atoms with van der Waals surface area (Å²) in [6.07, 6.45) is 6.44. The fourth-order valence-electron chi connectivity index (χ4n) is 2.48. The Balaban J connectivity index is 4.63. The highest BCUT2D eigenvalue weighted by atomic mass is 15.2. The fraction of sp³-hybridized carbons (Fsp3) is 1.00. The monoisotopic (exact) mass is 270 g/mol. The first-order chi connectivity index (χ1) is 8.85. The van der Waals surface area contributed by atoms with Gasteiger partial charge in [-0.15, -0.1) is 0 Å². The number of unbranched alkanes of at least 4 members (excludes halogenated alkanes) is 1. The van der Waals surface area contributed by atoms with Crippen LogP contribution in [0.15, 0.2) is 0 Å². The van der Waals surface area contributed by atoms with Crippen molar-refractivity contribution >= 4 is 0 Å². The van der Waals surface area contributed by atoms with Crippen LogP contribution < -0.4 is 5.32 Å². The Labute approximate surface area is 122 Å². The first-order valence-electron chi connectivity index (χ1n) is 8.36. The number of nitrogens with zero attached hydrogens (tertiary/aromatic N) is 1. The third kappa shape index (κ3) is 8.65. The smallest absolute Gasteiger partial charge is 0.0223 e. The van der Waals surface area contributed by atoms with E-state index >= 15 is 0 Å². The van der Waals surface area contributed by atoms with Gasteiger partial charge in [-0.3, -0.25) is 4.90 Å². The van der Waals surface area contributed by atoms with E-state index in [-0.39, 0.29) is 5.54 Å². The third-order valence-electron chi connectivity index (χ3n) is 3.89. The van der Waals surface area contributed by atoms with Gasteiger partial charge in [0, 0.05) is 24.2 Å². The van der Waals surface area contributed by atoms with Gasteiger partial charge in [-0.05, 0) is 53.5 Å². The van der Waals surface area contributed by atoms with Crippen molar-refractivity contribution in [2.24, 2.45) is 0 Å². The first kappa shape index (κ1) is 18.9. The Bertz CT molecular complexity index is 208. The second kappa shape index (κ2) is 9.77. The summed E-state index contributed by atoms with van der Waals surface area (Å²) < 4.78 is 0. The van der Waals surface area contributed by atoms with Crippen LogP contribution in [0.1, 0.15) is 80.6 Å². The molecule has 0 aromatic heterocycles. The van der Waals surface area contributed by atoms with Gasteiger partial charge in [0.2, 0.25) is 0 Å². The van der Waals surface area contributed by atoms with E-state index in [0.29, 0.717) is 12.1 Å². The minimum Gasteiger partial charge on any atom is -0.311 e. The molecule has 0 heterocycles. The minimum absolute atomic E-state index is 0.220. The summed E-state index contributed by atoms with van der Waals surface area (Å²) >= 11 is 0. The van der Waals surface area contributed by atoms with Crippen LogP contribution >= 0.6 is 0 Å². The molecule has 0 fully saturated rings. The third-order valence-corrected chi connectivity index (χ3v) is 3.89. The molecule has 116 valence electrons. The molecule has 0 radical (unpaired) electrons. The molecule has 0 aliphatic carbocycles. The Morgan fingerprint density at radius 2 is 1.68 bits per heavy atom. The summed E-state index contributed by atoms with van der Waals surface area (Å²) in [6.45, 7) is 18.4. The molecular formula is C17H38N2. The number of rotatable bonds is 10. The van der Waals surface area contributed by atoms with Gasteiger partial charge in [0.05, 0.1) is 0 Å². The van der Waals surface area contributed by atoms with Gasteiger partial charge < -0.3 is 5.32 Å². The summed E-state index contributed by atoms with van der Waals surface area (Å²) in [5.74, 6) is 0. The Morgan fingerprint density at radius 3 is 2.11 bits per heavy atom. The Morgan fingerprint density at radius 1 is 1.05 bits per heavy atom. The van der Waals surface area contributed by atoms with Crippen molar-refractivity contribution < 1.29 is 0 Å². The predicted octanol–water partition coefficient (Wildman–Crippen LogP) is 4.44. The lowest BCUT2D eigenvalue weighted by Gasteiger charge is -2.38. The lowest BCUT2D eigenvalue weighted by Crippen LogP contribution is -2.50. The molecule has 0 rings (SSSR count). The van der Waals surface area contributed by atoms with Gasteiger partial charge in [0.25, 0.3) is 0 Å². The molecule has 2 atom stereocenters. The van der Waals surface area contributed by atoms with Crippen LogP contribution in [0.5, 0.6) is 0 Å². The van der Waals surface area contributed by atoms with Crippen molar-refractivity contribution in [3.63, 3.8) is 0 Å². The van der Waals surface area contributed by atoms with Gasteiger partial charge >= 0.3 is 0 Å². The van der Waals surface area contributed by atoms with Crippen LogP contribution in [0, 0.1) is 0 Å². The predicted molar refractivity (Wildman–Crippen MR) is 87.8 cm³/mol. The Kier molecular flexibility index (Phi) is 9.72. The van der Waals surface area contributed by atoms with Crippen molar-refractivity contribution in [1.82, 2.24) is 10.2 Å².